The Hall–Kier alpha value is -0.370. The average Bonchev–Trinajstić information content (AvgIpc) is 2.08. The highest BCUT2D eigenvalue weighted by Crippen LogP contribution is 2.26. The Balaban J connectivity index is 2.44. The smallest absolute Gasteiger partial charge is 0.123 e. The second-order valence-electron chi connectivity index (χ2n) is 4.11. The third-order valence-electron chi connectivity index (χ3n) is 3.21. The van der Waals surface area contributed by atoms with Crippen molar-refractivity contribution in [2.45, 2.75) is 32.7 Å². The molecule has 0 radical (unpaired) electrons. The molecule has 0 bridgehead atoms. The number of piperidine rings is 1. The zero-order valence-corrected chi connectivity index (χ0v) is 8.29. The first-order valence-corrected chi connectivity index (χ1v) is 4.80. The number of nitrogens with zero attached hydrogens (tertiary/aromatic N) is 1. The Morgan fingerprint density at radius 1 is 1.58 bits per heavy atom. The summed E-state index contributed by atoms with van der Waals surface area (Å²) in [7, 11) is 2.16. The topological polar surface area (TPSA) is 20.3 Å². The summed E-state index contributed by atoms with van der Waals surface area (Å²) in [5.41, 5.74) is 0. The van der Waals surface area contributed by atoms with Crippen molar-refractivity contribution in [3.8, 4) is 0 Å². The predicted molar refractivity (Wildman–Crippen MR) is 50.0 cm³/mol. The number of aldehydes is 1. The van der Waals surface area contributed by atoms with Crippen molar-refractivity contribution >= 4 is 6.29 Å². The molecule has 0 aliphatic carbocycles. The van der Waals surface area contributed by atoms with Gasteiger partial charge in [0.05, 0.1) is 0 Å². The maximum absolute atomic E-state index is 10.6. The second kappa shape index (κ2) is 4.04. The van der Waals surface area contributed by atoms with Crippen LogP contribution in [-0.4, -0.2) is 30.8 Å². The van der Waals surface area contributed by atoms with E-state index in [9.17, 15) is 4.79 Å². The van der Waals surface area contributed by atoms with Gasteiger partial charge in [-0.1, -0.05) is 6.92 Å². The molecule has 2 nitrogen and oxygen atoms in total. The van der Waals surface area contributed by atoms with Crippen molar-refractivity contribution in [1.29, 1.82) is 0 Å². The molecule has 1 aliphatic heterocycles. The summed E-state index contributed by atoms with van der Waals surface area (Å²) in [5, 5.41) is 0. The minimum absolute atomic E-state index is 0.251. The average molecular weight is 169 g/mol. The van der Waals surface area contributed by atoms with Crippen molar-refractivity contribution in [2.75, 3.05) is 13.6 Å². The van der Waals surface area contributed by atoms with Gasteiger partial charge >= 0.3 is 0 Å². The van der Waals surface area contributed by atoms with Crippen molar-refractivity contribution in [2.24, 2.45) is 11.8 Å². The lowest BCUT2D eigenvalue weighted by Crippen LogP contribution is -2.39. The zero-order chi connectivity index (χ0) is 9.14. The first-order valence-electron chi connectivity index (χ1n) is 4.80. The molecule has 3 atom stereocenters. The van der Waals surface area contributed by atoms with Gasteiger partial charge in [-0.15, -0.1) is 0 Å². The highest BCUT2D eigenvalue weighted by Gasteiger charge is 2.26. The zero-order valence-electron chi connectivity index (χ0n) is 8.29. The van der Waals surface area contributed by atoms with Crippen molar-refractivity contribution < 1.29 is 4.79 Å². The number of likely N-dealkylation sites (tertiary alicyclic amines) is 1. The van der Waals surface area contributed by atoms with E-state index in [1.165, 1.54) is 12.8 Å². The SMILES string of the molecule is CC(C=O)C1CCN(C)C(C)C1. The molecule has 1 saturated heterocycles. The Labute approximate surface area is 74.9 Å². The van der Waals surface area contributed by atoms with Crippen LogP contribution in [0.25, 0.3) is 0 Å². The number of carbonyl (C=O) groups is 1. The normalized spacial score (nSPS) is 34.6. The largest absolute Gasteiger partial charge is 0.304 e. The summed E-state index contributed by atoms with van der Waals surface area (Å²) in [6, 6.07) is 0.645. The molecular formula is C10H19NO. The quantitative estimate of drug-likeness (QED) is 0.585. The molecular weight excluding hydrogens is 150 g/mol. The number of hydrogen-bond donors (Lipinski definition) is 0. The standard InChI is InChI=1S/C10H19NO/c1-8(7-12)10-4-5-11(3)9(2)6-10/h7-10H,4-6H2,1-3H3. The Morgan fingerprint density at radius 3 is 2.75 bits per heavy atom. The lowest BCUT2D eigenvalue weighted by Gasteiger charge is -2.36. The van der Waals surface area contributed by atoms with Crippen LogP contribution in [0.1, 0.15) is 26.7 Å². The molecule has 2 heteroatoms. The fourth-order valence-corrected chi connectivity index (χ4v) is 1.91. The summed E-state index contributed by atoms with van der Waals surface area (Å²) in [6.07, 6.45) is 3.46. The molecule has 0 aromatic heterocycles. The summed E-state index contributed by atoms with van der Waals surface area (Å²) >= 11 is 0. The molecule has 12 heavy (non-hydrogen) atoms. The van der Waals surface area contributed by atoms with Crippen LogP contribution in [0.15, 0.2) is 0 Å². The van der Waals surface area contributed by atoms with Crippen LogP contribution in [0, 0.1) is 11.8 Å². The monoisotopic (exact) mass is 169 g/mol. The molecule has 1 rings (SSSR count). The molecule has 0 aromatic rings. The second-order valence-corrected chi connectivity index (χ2v) is 4.11. The summed E-state index contributed by atoms with van der Waals surface area (Å²) in [6.45, 7) is 5.42. The van der Waals surface area contributed by atoms with Crippen LogP contribution >= 0.6 is 0 Å². The molecule has 1 fully saturated rings. The van der Waals surface area contributed by atoms with E-state index in [0.717, 1.165) is 12.8 Å². The molecule has 0 aromatic carbocycles. The van der Waals surface area contributed by atoms with E-state index >= 15 is 0 Å². The van der Waals surface area contributed by atoms with Crippen LogP contribution < -0.4 is 0 Å². The molecule has 1 aliphatic rings. The number of hydrogen-bond acceptors (Lipinski definition) is 2. The maximum atomic E-state index is 10.6. The van der Waals surface area contributed by atoms with Gasteiger partial charge in [-0.25, -0.2) is 0 Å². The van der Waals surface area contributed by atoms with Gasteiger partial charge < -0.3 is 9.69 Å². The molecule has 0 saturated carbocycles. The Kier molecular flexibility index (Phi) is 3.27. The van der Waals surface area contributed by atoms with Crippen LogP contribution in [-0.2, 0) is 4.79 Å². The van der Waals surface area contributed by atoms with Gasteiger partial charge in [-0.2, -0.15) is 0 Å². The fourth-order valence-electron chi connectivity index (χ4n) is 1.91. The highest BCUT2D eigenvalue weighted by atomic mass is 16.1. The first kappa shape index (κ1) is 9.72. The predicted octanol–water partition coefficient (Wildman–Crippen LogP) is 1.55. The Morgan fingerprint density at radius 2 is 2.25 bits per heavy atom. The summed E-state index contributed by atoms with van der Waals surface area (Å²) in [5.74, 6) is 0.870. The van der Waals surface area contributed by atoms with E-state index < -0.39 is 0 Å². The van der Waals surface area contributed by atoms with Gasteiger partial charge in [-0.3, -0.25) is 0 Å². The van der Waals surface area contributed by atoms with E-state index in [1.807, 2.05) is 6.92 Å². The first-order chi connectivity index (χ1) is 5.65. The van der Waals surface area contributed by atoms with Gasteiger partial charge in [0.25, 0.3) is 0 Å². The van der Waals surface area contributed by atoms with Crippen LogP contribution in [0.4, 0.5) is 0 Å². The summed E-state index contributed by atoms with van der Waals surface area (Å²) < 4.78 is 0. The highest BCUT2D eigenvalue weighted by molar-refractivity contribution is 5.53. The fraction of sp³-hybridized carbons (Fsp3) is 0.900. The van der Waals surface area contributed by atoms with Gasteiger partial charge in [-0.05, 0) is 39.3 Å². The van der Waals surface area contributed by atoms with E-state index in [1.54, 1.807) is 0 Å². The van der Waals surface area contributed by atoms with Gasteiger partial charge in [0, 0.05) is 12.0 Å². The van der Waals surface area contributed by atoms with E-state index in [2.05, 4.69) is 18.9 Å². The van der Waals surface area contributed by atoms with Gasteiger partial charge in [0.15, 0.2) is 0 Å². The number of carbonyl (C=O) groups excluding carboxylic acids is 1. The van der Waals surface area contributed by atoms with Crippen molar-refractivity contribution in [1.82, 2.24) is 4.90 Å². The molecule has 0 spiro atoms. The van der Waals surface area contributed by atoms with E-state index in [4.69, 9.17) is 0 Å². The van der Waals surface area contributed by atoms with Crippen LogP contribution in [0.3, 0.4) is 0 Å². The lowest BCUT2D eigenvalue weighted by atomic mass is 9.83. The molecule has 70 valence electrons. The van der Waals surface area contributed by atoms with Crippen LogP contribution in [0.5, 0.6) is 0 Å². The lowest BCUT2D eigenvalue weighted by molar-refractivity contribution is -0.112. The minimum atomic E-state index is 0.251. The molecule has 1 heterocycles. The maximum Gasteiger partial charge on any atom is 0.123 e. The third-order valence-corrected chi connectivity index (χ3v) is 3.21. The minimum Gasteiger partial charge on any atom is -0.304 e. The molecule has 0 amide bonds. The van der Waals surface area contributed by atoms with Gasteiger partial charge in [0.1, 0.15) is 6.29 Å². The van der Waals surface area contributed by atoms with Crippen molar-refractivity contribution in [3.05, 3.63) is 0 Å². The van der Waals surface area contributed by atoms with Crippen LogP contribution in [0.2, 0.25) is 0 Å². The Bertz CT molecular complexity index is 158. The summed E-state index contributed by atoms with van der Waals surface area (Å²) in [4.78, 5) is 12.9. The molecule has 3 unspecified atom stereocenters. The third kappa shape index (κ3) is 2.07. The van der Waals surface area contributed by atoms with Gasteiger partial charge in [0.2, 0.25) is 0 Å². The van der Waals surface area contributed by atoms with E-state index in [-0.39, 0.29) is 5.92 Å². The number of rotatable bonds is 2. The van der Waals surface area contributed by atoms with E-state index in [0.29, 0.717) is 12.0 Å². The molecule has 0 N–H and O–H groups in total. The van der Waals surface area contributed by atoms with Crippen molar-refractivity contribution in [3.63, 3.8) is 0 Å².